The summed E-state index contributed by atoms with van der Waals surface area (Å²) in [4.78, 5) is 28.7. The van der Waals surface area contributed by atoms with E-state index in [2.05, 4.69) is 4.72 Å². The van der Waals surface area contributed by atoms with Gasteiger partial charge in [0.15, 0.2) is 0 Å². The highest BCUT2D eigenvalue weighted by atomic mass is 32.2. The zero-order chi connectivity index (χ0) is 21.7. The van der Waals surface area contributed by atoms with E-state index in [1.807, 2.05) is 4.90 Å². The van der Waals surface area contributed by atoms with Crippen molar-refractivity contribution in [2.75, 3.05) is 40.3 Å². The maximum atomic E-state index is 12.5. The lowest BCUT2D eigenvalue weighted by Gasteiger charge is -2.35. The average Bonchev–Trinajstić information content (AvgIpc) is 3.31. The van der Waals surface area contributed by atoms with E-state index in [-0.39, 0.29) is 28.4 Å². The Kier molecular flexibility index (Phi) is 7.14. The quantitative estimate of drug-likeness (QED) is 0.683. The summed E-state index contributed by atoms with van der Waals surface area (Å²) in [6.07, 6.45) is 7.24. The first-order valence-corrected chi connectivity index (χ1v) is 11.7. The Bertz CT molecular complexity index is 915. The Morgan fingerprint density at radius 2 is 1.73 bits per heavy atom. The molecule has 2 fully saturated rings. The van der Waals surface area contributed by atoms with Crippen LogP contribution in [0.1, 0.15) is 31.2 Å². The normalized spacial score (nSPS) is 18.2. The zero-order valence-electron chi connectivity index (χ0n) is 17.5. The SMILES string of the molecule is CNS(=O)(=O)c1cc(/C=C/C(=O)N2CCN(C(=O)C3CCCC3)CC2)ccc1OC. The van der Waals surface area contributed by atoms with Crippen LogP contribution in [0.25, 0.3) is 6.08 Å². The van der Waals surface area contributed by atoms with Gasteiger partial charge in [0.1, 0.15) is 10.6 Å². The van der Waals surface area contributed by atoms with Gasteiger partial charge in [-0.05, 0) is 43.7 Å². The van der Waals surface area contributed by atoms with Crippen molar-refractivity contribution in [3.05, 3.63) is 29.8 Å². The van der Waals surface area contributed by atoms with E-state index >= 15 is 0 Å². The summed E-state index contributed by atoms with van der Waals surface area (Å²) in [5.41, 5.74) is 0.577. The monoisotopic (exact) mass is 435 g/mol. The van der Waals surface area contributed by atoms with Crippen LogP contribution in [0, 0.1) is 5.92 Å². The highest BCUT2D eigenvalue weighted by Gasteiger charge is 2.30. The molecule has 0 spiro atoms. The van der Waals surface area contributed by atoms with Crippen molar-refractivity contribution in [1.29, 1.82) is 0 Å². The van der Waals surface area contributed by atoms with Crippen LogP contribution in [0.3, 0.4) is 0 Å². The van der Waals surface area contributed by atoms with Crippen molar-refractivity contribution in [1.82, 2.24) is 14.5 Å². The lowest BCUT2D eigenvalue weighted by atomic mass is 10.1. The molecule has 1 aliphatic heterocycles. The minimum Gasteiger partial charge on any atom is -0.495 e. The molecule has 164 valence electrons. The number of nitrogens with one attached hydrogen (secondary N) is 1. The Labute approximate surface area is 177 Å². The molecule has 1 saturated carbocycles. The molecule has 0 bridgehead atoms. The van der Waals surface area contributed by atoms with Crippen LogP contribution in [0.5, 0.6) is 5.75 Å². The second kappa shape index (κ2) is 9.61. The Balaban J connectivity index is 1.61. The molecule has 2 amide bonds. The molecule has 2 aliphatic rings. The molecule has 1 aliphatic carbocycles. The maximum Gasteiger partial charge on any atom is 0.246 e. The predicted molar refractivity (Wildman–Crippen MR) is 113 cm³/mol. The predicted octanol–water partition coefficient (Wildman–Crippen LogP) is 1.48. The summed E-state index contributed by atoms with van der Waals surface area (Å²) in [5, 5.41) is 0. The van der Waals surface area contributed by atoms with Crippen LogP contribution in [0.4, 0.5) is 0 Å². The van der Waals surface area contributed by atoms with Gasteiger partial charge in [-0.2, -0.15) is 0 Å². The van der Waals surface area contributed by atoms with Crippen molar-refractivity contribution in [3.63, 3.8) is 0 Å². The second-order valence-corrected chi connectivity index (χ2v) is 9.44. The molecular formula is C21H29N3O5S. The van der Waals surface area contributed by atoms with Crippen LogP contribution in [-0.4, -0.2) is 70.4 Å². The summed E-state index contributed by atoms with van der Waals surface area (Å²) in [5.74, 6) is 0.463. The highest BCUT2D eigenvalue weighted by Crippen LogP contribution is 2.27. The van der Waals surface area contributed by atoms with Crippen LogP contribution < -0.4 is 9.46 Å². The lowest BCUT2D eigenvalue weighted by Crippen LogP contribution is -2.51. The highest BCUT2D eigenvalue weighted by molar-refractivity contribution is 7.89. The number of amides is 2. The van der Waals surface area contributed by atoms with Gasteiger partial charge in [0.2, 0.25) is 21.8 Å². The van der Waals surface area contributed by atoms with E-state index in [1.54, 1.807) is 23.1 Å². The fourth-order valence-corrected chi connectivity index (χ4v) is 4.90. The van der Waals surface area contributed by atoms with Gasteiger partial charge in [-0.15, -0.1) is 0 Å². The molecule has 0 aromatic heterocycles. The van der Waals surface area contributed by atoms with Crippen LogP contribution in [0.15, 0.2) is 29.2 Å². The fourth-order valence-electron chi connectivity index (χ4n) is 3.97. The number of hydrogen-bond donors (Lipinski definition) is 1. The molecule has 1 N–H and O–H groups in total. The number of rotatable bonds is 6. The number of nitrogens with zero attached hydrogens (tertiary/aromatic N) is 2. The van der Waals surface area contributed by atoms with Crippen LogP contribution in [0.2, 0.25) is 0 Å². The third kappa shape index (κ3) is 5.02. The van der Waals surface area contributed by atoms with Crippen molar-refractivity contribution >= 4 is 27.9 Å². The number of hydrogen-bond acceptors (Lipinski definition) is 5. The molecule has 0 unspecified atom stereocenters. The Morgan fingerprint density at radius 3 is 2.33 bits per heavy atom. The lowest BCUT2D eigenvalue weighted by molar-refractivity contribution is -0.140. The first-order chi connectivity index (χ1) is 14.4. The molecule has 30 heavy (non-hydrogen) atoms. The molecule has 1 aromatic carbocycles. The first-order valence-electron chi connectivity index (χ1n) is 10.2. The van der Waals surface area contributed by atoms with E-state index in [0.29, 0.717) is 31.7 Å². The zero-order valence-corrected chi connectivity index (χ0v) is 18.3. The molecule has 3 rings (SSSR count). The van der Waals surface area contributed by atoms with Gasteiger partial charge in [0.05, 0.1) is 7.11 Å². The molecule has 9 heteroatoms. The number of carbonyl (C=O) groups excluding carboxylic acids is 2. The van der Waals surface area contributed by atoms with E-state index in [0.717, 1.165) is 25.7 Å². The van der Waals surface area contributed by atoms with Crippen LogP contribution >= 0.6 is 0 Å². The molecule has 0 atom stereocenters. The van der Waals surface area contributed by atoms with Gasteiger partial charge in [-0.25, -0.2) is 13.1 Å². The molecule has 1 aromatic rings. The third-order valence-electron chi connectivity index (χ3n) is 5.77. The number of methoxy groups -OCH3 is 1. The average molecular weight is 436 g/mol. The second-order valence-electron chi connectivity index (χ2n) is 7.58. The minimum absolute atomic E-state index is 0.0149. The molecule has 1 saturated heterocycles. The third-order valence-corrected chi connectivity index (χ3v) is 7.21. The molecular weight excluding hydrogens is 406 g/mol. The van der Waals surface area contributed by atoms with E-state index in [1.165, 1.54) is 26.3 Å². The molecule has 0 radical (unpaired) electrons. The summed E-state index contributed by atoms with van der Waals surface area (Å²) in [6, 6.07) is 4.71. The number of carbonyl (C=O) groups is 2. The van der Waals surface area contributed by atoms with Crippen molar-refractivity contribution in [2.24, 2.45) is 5.92 Å². The minimum atomic E-state index is -3.69. The number of piperazine rings is 1. The van der Waals surface area contributed by atoms with E-state index in [4.69, 9.17) is 4.74 Å². The first kappa shape index (κ1) is 22.3. The molecule has 8 nitrogen and oxygen atoms in total. The van der Waals surface area contributed by atoms with Crippen LogP contribution in [-0.2, 0) is 19.6 Å². The molecule has 1 heterocycles. The standard InChI is InChI=1S/C21H29N3O5S/c1-22-30(27,28)19-15-16(7-9-18(19)29-2)8-10-20(25)23-11-13-24(14-12-23)21(26)17-5-3-4-6-17/h7-10,15,17,22H,3-6,11-14H2,1-2H3/b10-8+. The maximum absolute atomic E-state index is 12.5. The van der Waals surface area contributed by atoms with Crippen molar-refractivity contribution in [3.8, 4) is 5.75 Å². The van der Waals surface area contributed by atoms with Gasteiger partial charge < -0.3 is 14.5 Å². The summed E-state index contributed by atoms with van der Waals surface area (Å²) >= 11 is 0. The van der Waals surface area contributed by atoms with E-state index in [9.17, 15) is 18.0 Å². The van der Waals surface area contributed by atoms with Gasteiger partial charge in [-0.3, -0.25) is 9.59 Å². The number of benzene rings is 1. The largest absolute Gasteiger partial charge is 0.495 e. The van der Waals surface area contributed by atoms with Gasteiger partial charge >= 0.3 is 0 Å². The number of sulfonamides is 1. The fraction of sp³-hybridized carbons (Fsp3) is 0.524. The van der Waals surface area contributed by atoms with Gasteiger partial charge in [-0.1, -0.05) is 18.9 Å². The number of ether oxygens (including phenoxy) is 1. The van der Waals surface area contributed by atoms with Crippen molar-refractivity contribution in [2.45, 2.75) is 30.6 Å². The Hall–Kier alpha value is -2.39. The van der Waals surface area contributed by atoms with Gasteiger partial charge in [0, 0.05) is 38.2 Å². The summed E-state index contributed by atoms with van der Waals surface area (Å²) in [7, 11) is -0.951. The smallest absolute Gasteiger partial charge is 0.246 e. The summed E-state index contributed by atoms with van der Waals surface area (Å²) in [6.45, 7) is 2.12. The Morgan fingerprint density at radius 1 is 1.10 bits per heavy atom. The van der Waals surface area contributed by atoms with Gasteiger partial charge in [0.25, 0.3) is 0 Å². The summed E-state index contributed by atoms with van der Waals surface area (Å²) < 4.78 is 31.7. The van der Waals surface area contributed by atoms with Crippen molar-refractivity contribution < 1.29 is 22.7 Å². The van der Waals surface area contributed by atoms with E-state index < -0.39 is 10.0 Å². The topological polar surface area (TPSA) is 96.0 Å².